The second-order valence-electron chi connectivity index (χ2n) is 5.32. The summed E-state index contributed by atoms with van der Waals surface area (Å²) in [4.78, 5) is 13.2. The van der Waals surface area contributed by atoms with E-state index in [0.717, 1.165) is 0 Å². The smallest absolute Gasteiger partial charge is 0.239 e. The number of nitrogens with zero attached hydrogens (tertiary/aromatic N) is 3. The van der Waals surface area contributed by atoms with E-state index in [1.54, 1.807) is 17.0 Å². The molecule has 10 heteroatoms. The number of halogens is 1. The molecule has 2 heterocycles. The molecule has 3 rings (SSSR count). The van der Waals surface area contributed by atoms with Crippen molar-refractivity contribution < 1.29 is 9.18 Å². The lowest BCUT2D eigenvalue weighted by atomic mass is 10.0. The van der Waals surface area contributed by atoms with Gasteiger partial charge in [0.25, 0.3) is 0 Å². The third-order valence-corrected chi connectivity index (χ3v) is 3.82. The second kappa shape index (κ2) is 6.79. The number of amides is 1. The molecule has 1 aromatic heterocycles. The molecule has 0 aliphatic carbocycles. The molecule has 0 spiro atoms. The van der Waals surface area contributed by atoms with Crippen molar-refractivity contribution >= 4 is 28.9 Å². The highest BCUT2D eigenvalue weighted by Gasteiger charge is 2.22. The highest BCUT2D eigenvalue weighted by molar-refractivity contribution is 7.80. The molecular weight excluding hydrogens is 333 g/mol. The van der Waals surface area contributed by atoms with Gasteiger partial charge in [-0.05, 0) is 29.9 Å². The number of thiocarbonyl (C=S) groups is 1. The normalized spacial score (nSPS) is 15.7. The van der Waals surface area contributed by atoms with Gasteiger partial charge in [0.1, 0.15) is 11.5 Å². The molecule has 1 amide bonds. The van der Waals surface area contributed by atoms with Gasteiger partial charge in [-0.3, -0.25) is 4.79 Å². The Morgan fingerprint density at radius 3 is 2.96 bits per heavy atom. The van der Waals surface area contributed by atoms with Crippen LogP contribution in [0.25, 0.3) is 0 Å². The van der Waals surface area contributed by atoms with Gasteiger partial charge in [-0.15, -0.1) is 0 Å². The molecule has 0 radical (unpaired) electrons. The molecule has 1 saturated heterocycles. The number of carbonyl (C=O) groups excluding carboxylic acids is 1. The summed E-state index contributed by atoms with van der Waals surface area (Å²) in [5, 5.41) is 15.9. The molecule has 5 N–H and O–H groups in total. The van der Waals surface area contributed by atoms with Crippen LogP contribution in [-0.4, -0.2) is 46.1 Å². The van der Waals surface area contributed by atoms with Crippen molar-refractivity contribution in [2.45, 2.75) is 6.04 Å². The molecule has 1 unspecified atom stereocenters. The van der Waals surface area contributed by atoms with Gasteiger partial charge in [-0.2, -0.15) is 15.4 Å². The summed E-state index contributed by atoms with van der Waals surface area (Å²) in [6.45, 7) is 1.18. The van der Waals surface area contributed by atoms with E-state index in [9.17, 15) is 9.18 Å². The van der Waals surface area contributed by atoms with E-state index in [4.69, 9.17) is 18.0 Å². The molecule has 0 saturated carbocycles. The fourth-order valence-corrected chi connectivity index (χ4v) is 2.74. The van der Waals surface area contributed by atoms with Crippen LogP contribution in [-0.2, 0) is 4.79 Å². The first kappa shape index (κ1) is 16.1. The fourth-order valence-electron chi connectivity index (χ4n) is 2.62. The number of H-pyrrole nitrogens is 1. The third kappa shape index (κ3) is 3.43. The zero-order valence-electron chi connectivity index (χ0n) is 12.6. The Bertz CT molecular complexity index is 752. The van der Waals surface area contributed by atoms with Crippen LogP contribution in [0.5, 0.6) is 0 Å². The topological polar surface area (TPSA) is 112 Å². The molecular formula is C14H16FN7OS. The van der Waals surface area contributed by atoms with Crippen molar-refractivity contribution in [2.24, 2.45) is 5.73 Å². The lowest BCUT2D eigenvalue weighted by molar-refractivity contribution is -0.120. The summed E-state index contributed by atoms with van der Waals surface area (Å²) in [5.41, 5.74) is 7.06. The number of aromatic nitrogens is 3. The van der Waals surface area contributed by atoms with Gasteiger partial charge in [0.15, 0.2) is 5.11 Å². The monoisotopic (exact) mass is 349 g/mol. The standard InChI is InChI=1S/C14H16FN7OS/c15-9-5-8(13(19-14(16)24)10-6-18-21-20-10)1-2-11(9)22-4-3-17-12(23)7-22/h1-2,5-6,13H,3-4,7H2,(H,17,23)(H3,16,19,24)(H,18,20,21). The molecule has 1 aromatic carbocycles. The van der Waals surface area contributed by atoms with Crippen molar-refractivity contribution in [3.63, 3.8) is 0 Å². The Kier molecular flexibility index (Phi) is 4.56. The maximum atomic E-state index is 14.6. The van der Waals surface area contributed by atoms with Crippen molar-refractivity contribution in [3.8, 4) is 0 Å². The van der Waals surface area contributed by atoms with Crippen molar-refractivity contribution in [1.29, 1.82) is 0 Å². The summed E-state index contributed by atoms with van der Waals surface area (Å²) < 4.78 is 14.6. The predicted molar refractivity (Wildman–Crippen MR) is 89.8 cm³/mol. The van der Waals surface area contributed by atoms with Crippen molar-refractivity contribution in [2.75, 3.05) is 24.5 Å². The average Bonchev–Trinajstić information content (AvgIpc) is 3.06. The number of nitrogens with one attached hydrogen (secondary N) is 3. The maximum Gasteiger partial charge on any atom is 0.239 e. The van der Waals surface area contributed by atoms with E-state index in [0.29, 0.717) is 30.0 Å². The van der Waals surface area contributed by atoms with E-state index in [1.807, 2.05) is 0 Å². The minimum absolute atomic E-state index is 0.0696. The minimum atomic E-state index is -0.519. The quantitative estimate of drug-likeness (QED) is 0.566. The highest BCUT2D eigenvalue weighted by Crippen LogP contribution is 2.26. The van der Waals surface area contributed by atoms with E-state index in [1.165, 1.54) is 12.3 Å². The molecule has 8 nitrogen and oxygen atoms in total. The van der Waals surface area contributed by atoms with Crippen LogP contribution in [0.2, 0.25) is 0 Å². The average molecular weight is 349 g/mol. The minimum Gasteiger partial charge on any atom is -0.376 e. The summed E-state index contributed by atoms with van der Waals surface area (Å²) in [7, 11) is 0. The summed E-state index contributed by atoms with van der Waals surface area (Å²) >= 11 is 4.88. The van der Waals surface area contributed by atoms with Crippen LogP contribution < -0.4 is 21.3 Å². The number of piperazine rings is 1. The number of aromatic amines is 1. The van der Waals surface area contributed by atoms with Crippen molar-refractivity contribution in [3.05, 3.63) is 41.5 Å². The molecule has 2 aromatic rings. The van der Waals surface area contributed by atoms with E-state index in [-0.39, 0.29) is 17.6 Å². The van der Waals surface area contributed by atoms with Crippen molar-refractivity contribution in [1.82, 2.24) is 26.0 Å². The molecule has 0 bridgehead atoms. The Morgan fingerprint density at radius 1 is 1.50 bits per heavy atom. The SMILES string of the molecule is NC(=S)NC(c1ccc(N2CCNC(=O)C2)c(F)c1)c1cn[nH]n1. The molecule has 1 aliphatic heterocycles. The molecule has 1 aliphatic rings. The molecule has 126 valence electrons. The number of anilines is 1. The lowest BCUT2D eigenvalue weighted by Crippen LogP contribution is -2.48. The van der Waals surface area contributed by atoms with Crippen LogP contribution in [0.15, 0.2) is 24.4 Å². The van der Waals surface area contributed by atoms with E-state index < -0.39 is 11.9 Å². The molecule has 24 heavy (non-hydrogen) atoms. The first-order chi connectivity index (χ1) is 11.5. The first-order valence-corrected chi connectivity index (χ1v) is 7.68. The van der Waals surface area contributed by atoms with Crippen LogP contribution >= 0.6 is 12.2 Å². The number of carbonyl (C=O) groups is 1. The highest BCUT2D eigenvalue weighted by atomic mass is 32.1. The number of nitrogens with two attached hydrogens (primary N) is 1. The Labute approximate surface area is 142 Å². The number of hydrogen-bond donors (Lipinski definition) is 4. The van der Waals surface area contributed by atoms with Gasteiger partial charge in [-0.1, -0.05) is 6.07 Å². The van der Waals surface area contributed by atoms with Gasteiger partial charge < -0.3 is 21.3 Å². The lowest BCUT2D eigenvalue weighted by Gasteiger charge is -2.29. The van der Waals surface area contributed by atoms with Gasteiger partial charge in [0.05, 0.1) is 24.5 Å². The summed E-state index contributed by atoms with van der Waals surface area (Å²) in [6, 6.07) is 4.24. The summed E-state index contributed by atoms with van der Waals surface area (Å²) in [6.07, 6.45) is 1.51. The van der Waals surface area contributed by atoms with Crippen LogP contribution in [0.4, 0.5) is 10.1 Å². The molecule has 1 atom stereocenters. The van der Waals surface area contributed by atoms with Crippen LogP contribution in [0.3, 0.4) is 0 Å². The van der Waals surface area contributed by atoms with Crippen LogP contribution in [0.1, 0.15) is 17.3 Å². The van der Waals surface area contributed by atoms with Crippen LogP contribution in [0, 0.1) is 5.82 Å². The number of benzene rings is 1. The van der Waals surface area contributed by atoms with E-state index >= 15 is 0 Å². The largest absolute Gasteiger partial charge is 0.376 e. The number of hydrogen-bond acceptors (Lipinski definition) is 5. The fraction of sp³-hybridized carbons (Fsp3) is 0.286. The second-order valence-corrected chi connectivity index (χ2v) is 5.76. The zero-order chi connectivity index (χ0) is 17.1. The Balaban J connectivity index is 1.89. The van der Waals surface area contributed by atoms with Gasteiger partial charge in [-0.25, -0.2) is 4.39 Å². The number of rotatable bonds is 4. The predicted octanol–water partition coefficient (Wildman–Crippen LogP) is -0.197. The Morgan fingerprint density at radius 2 is 2.33 bits per heavy atom. The maximum absolute atomic E-state index is 14.6. The van der Waals surface area contributed by atoms with Gasteiger partial charge in [0.2, 0.25) is 5.91 Å². The first-order valence-electron chi connectivity index (χ1n) is 7.27. The third-order valence-electron chi connectivity index (χ3n) is 3.70. The molecule has 1 fully saturated rings. The summed E-state index contributed by atoms with van der Waals surface area (Å²) in [5.74, 6) is -0.555. The van der Waals surface area contributed by atoms with E-state index in [2.05, 4.69) is 26.0 Å². The van der Waals surface area contributed by atoms with Gasteiger partial charge >= 0.3 is 0 Å². The Hall–Kier alpha value is -2.75. The van der Waals surface area contributed by atoms with Gasteiger partial charge in [0, 0.05) is 13.1 Å². The zero-order valence-corrected chi connectivity index (χ0v) is 13.4.